The number of benzene rings is 2. The van der Waals surface area contributed by atoms with Gasteiger partial charge >= 0.3 is 0 Å². The highest BCUT2D eigenvalue weighted by Gasteiger charge is 2.21. The van der Waals surface area contributed by atoms with Crippen molar-refractivity contribution in [3.05, 3.63) is 59.5 Å². The molecule has 0 bridgehead atoms. The Balaban J connectivity index is 1.06. The molecule has 2 aromatic carbocycles. The van der Waals surface area contributed by atoms with Gasteiger partial charge in [0, 0.05) is 37.4 Å². The van der Waals surface area contributed by atoms with Gasteiger partial charge in [-0.3, -0.25) is 4.90 Å². The van der Waals surface area contributed by atoms with Gasteiger partial charge in [-0.1, -0.05) is 23.4 Å². The van der Waals surface area contributed by atoms with Gasteiger partial charge in [0.15, 0.2) is 11.4 Å². The van der Waals surface area contributed by atoms with Gasteiger partial charge < -0.3 is 19.3 Å². The molecule has 0 amide bonds. The molecule has 156 valence electrons. The molecule has 0 spiro atoms. The molecular formula is C23H25N3O3S. The molecule has 7 heteroatoms. The van der Waals surface area contributed by atoms with Gasteiger partial charge in [-0.25, -0.2) is 0 Å². The van der Waals surface area contributed by atoms with Gasteiger partial charge in [0.1, 0.15) is 6.10 Å². The molecule has 1 N–H and O–H groups in total. The molecule has 1 aliphatic heterocycles. The maximum atomic E-state index is 10.4. The fourth-order valence-electron chi connectivity index (χ4n) is 3.96. The second-order valence-electron chi connectivity index (χ2n) is 7.64. The molecule has 0 aliphatic carbocycles. The van der Waals surface area contributed by atoms with Gasteiger partial charge in [0.2, 0.25) is 0 Å². The van der Waals surface area contributed by atoms with Crippen molar-refractivity contribution < 1.29 is 14.4 Å². The van der Waals surface area contributed by atoms with Gasteiger partial charge in [0.25, 0.3) is 0 Å². The number of rotatable bonds is 7. The molecule has 0 radical (unpaired) electrons. The number of aliphatic hydroxyl groups is 1. The Bertz CT molecular complexity index is 1120. The first-order valence-electron chi connectivity index (χ1n) is 10.3. The number of hydrogen-bond acceptors (Lipinski definition) is 7. The third-order valence-electron chi connectivity index (χ3n) is 5.72. The first-order chi connectivity index (χ1) is 14.8. The van der Waals surface area contributed by atoms with Crippen molar-refractivity contribution in [3.63, 3.8) is 0 Å². The van der Waals surface area contributed by atoms with Crippen LogP contribution in [-0.2, 0) is 4.74 Å². The predicted molar refractivity (Wildman–Crippen MR) is 120 cm³/mol. The van der Waals surface area contributed by atoms with Gasteiger partial charge in [-0.05, 0) is 46.7 Å². The van der Waals surface area contributed by atoms with Crippen LogP contribution < -0.4 is 4.90 Å². The number of aliphatic hydroxyl groups excluding tert-OH is 1. The number of hydrogen-bond donors (Lipinski definition) is 1. The fraction of sp³-hybridized carbons (Fsp3) is 0.348. The summed E-state index contributed by atoms with van der Waals surface area (Å²) in [6.07, 6.45) is -0.591. The highest BCUT2D eigenvalue weighted by atomic mass is 32.1. The number of para-hydroxylation sites is 1. The third-order valence-corrected chi connectivity index (χ3v) is 6.62. The van der Waals surface area contributed by atoms with Crippen LogP contribution in [0.2, 0.25) is 0 Å². The zero-order valence-electron chi connectivity index (χ0n) is 16.7. The van der Waals surface area contributed by atoms with Crippen molar-refractivity contribution in [2.45, 2.75) is 6.10 Å². The molecule has 5 rings (SSSR count). The SMILES string of the molecule is OC(COCCN1CCN(c2noc3ccccc23)CC1)c1ccc2sccc2c1. The lowest BCUT2D eigenvalue weighted by Gasteiger charge is -2.34. The second-order valence-corrected chi connectivity index (χ2v) is 8.59. The molecule has 1 aliphatic rings. The number of anilines is 1. The van der Waals surface area contributed by atoms with E-state index in [1.807, 2.05) is 30.3 Å². The minimum Gasteiger partial charge on any atom is -0.386 e. The number of aromatic nitrogens is 1. The summed E-state index contributed by atoms with van der Waals surface area (Å²) in [6, 6.07) is 16.2. The van der Waals surface area contributed by atoms with Crippen LogP contribution in [0.4, 0.5) is 5.82 Å². The summed E-state index contributed by atoms with van der Waals surface area (Å²) in [7, 11) is 0. The monoisotopic (exact) mass is 423 g/mol. The summed E-state index contributed by atoms with van der Waals surface area (Å²) in [5, 5.41) is 19.0. The summed E-state index contributed by atoms with van der Waals surface area (Å²) in [6.45, 7) is 5.55. The van der Waals surface area contributed by atoms with Crippen LogP contribution in [0.3, 0.4) is 0 Å². The van der Waals surface area contributed by atoms with Gasteiger partial charge in [0.05, 0.1) is 18.6 Å². The minimum atomic E-state index is -0.591. The number of ether oxygens (including phenoxy) is 1. The Hall–Kier alpha value is -2.45. The van der Waals surface area contributed by atoms with Crippen molar-refractivity contribution >= 4 is 38.2 Å². The van der Waals surface area contributed by atoms with E-state index in [0.717, 1.165) is 55.1 Å². The Morgan fingerprint density at radius 1 is 1.10 bits per heavy atom. The molecule has 1 unspecified atom stereocenters. The van der Waals surface area contributed by atoms with E-state index in [9.17, 15) is 5.11 Å². The van der Waals surface area contributed by atoms with E-state index in [1.54, 1.807) is 11.3 Å². The Kier molecular flexibility index (Phi) is 5.68. The molecule has 6 nitrogen and oxygen atoms in total. The predicted octanol–water partition coefficient (Wildman–Crippen LogP) is 3.91. The van der Waals surface area contributed by atoms with Crippen molar-refractivity contribution in [1.82, 2.24) is 10.1 Å². The maximum Gasteiger partial charge on any atom is 0.180 e. The normalized spacial score (nSPS) is 16.5. The summed E-state index contributed by atoms with van der Waals surface area (Å²) in [5.74, 6) is 0.937. The molecular weight excluding hydrogens is 398 g/mol. The van der Waals surface area contributed by atoms with Gasteiger partial charge in [-0.15, -0.1) is 11.3 Å². The van der Waals surface area contributed by atoms with E-state index in [0.29, 0.717) is 13.2 Å². The van der Waals surface area contributed by atoms with Crippen LogP contribution in [0.15, 0.2) is 58.4 Å². The van der Waals surface area contributed by atoms with Crippen LogP contribution in [0.25, 0.3) is 21.1 Å². The van der Waals surface area contributed by atoms with Crippen LogP contribution in [0, 0.1) is 0 Å². The highest BCUT2D eigenvalue weighted by Crippen LogP contribution is 2.27. The summed E-state index contributed by atoms with van der Waals surface area (Å²) >= 11 is 1.71. The highest BCUT2D eigenvalue weighted by molar-refractivity contribution is 7.17. The smallest absolute Gasteiger partial charge is 0.180 e. The largest absolute Gasteiger partial charge is 0.386 e. The van der Waals surface area contributed by atoms with Crippen LogP contribution in [0.5, 0.6) is 0 Å². The van der Waals surface area contributed by atoms with Crippen LogP contribution >= 0.6 is 11.3 Å². The number of thiophene rings is 1. The number of piperazine rings is 1. The number of nitrogens with zero attached hydrogens (tertiary/aromatic N) is 3. The first kappa shape index (κ1) is 19.5. The van der Waals surface area contributed by atoms with E-state index >= 15 is 0 Å². The summed E-state index contributed by atoms with van der Waals surface area (Å²) < 4.78 is 12.5. The van der Waals surface area contributed by atoms with Crippen molar-refractivity contribution in [2.75, 3.05) is 50.8 Å². The fourth-order valence-corrected chi connectivity index (χ4v) is 4.73. The Labute approximate surface area is 179 Å². The zero-order valence-corrected chi connectivity index (χ0v) is 17.6. The van der Waals surface area contributed by atoms with E-state index in [-0.39, 0.29) is 0 Å². The lowest BCUT2D eigenvalue weighted by atomic mass is 10.1. The van der Waals surface area contributed by atoms with Crippen molar-refractivity contribution in [3.8, 4) is 0 Å². The van der Waals surface area contributed by atoms with Crippen molar-refractivity contribution in [1.29, 1.82) is 0 Å². The second kappa shape index (κ2) is 8.73. The summed E-state index contributed by atoms with van der Waals surface area (Å²) in [4.78, 5) is 4.68. The lowest BCUT2D eigenvalue weighted by molar-refractivity contribution is 0.0259. The first-order valence-corrected chi connectivity index (χ1v) is 11.2. The molecule has 3 heterocycles. The molecule has 1 fully saturated rings. The standard InChI is InChI=1S/C23H25N3O3S/c27-20(17-5-6-22-18(15-17)7-14-30-22)16-28-13-12-25-8-10-26(11-9-25)23-19-3-1-2-4-21(19)29-24-23/h1-7,14-15,20,27H,8-13,16H2. The zero-order chi connectivity index (χ0) is 20.3. The van der Waals surface area contributed by atoms with Gasteiger partial charge in [-0.2, -0.15) is 0 Å². The third kappa shape index (κ3) is 4.06. The van der Waals surface area contributed by atoms with Crippen molar-refractivity contribution in [2.24, 2.45) is 0 Å². The molecule has 1 atom stereocenters. The maximum absolute atomic E-state index is 10.4. The minimum absolute atomic E-state index is 0.320. The van der Waals surface area contributed by atoms with E-state index < -0.39 is 6.10 Å². The number of fused-ring (bicyclic) bond motifs is 2. The van der Waals surface area contributed by atoms with E-state index in [1.165, 1.54) is 10.1 Å². The molecule has 30 heavy (non-hydrogen) atoms. The van der Waals surface area contributed by atoms with E-state index in [4.69, 9.17) is 9.26 Å². The molecule has 4 aromatic rings. The van der Waals surface area contributed by atoms with Crippen LogP contribution in [0.1, 0.15) is 11.7 Å². The quantitative estimate of drug-likeness (QED) is 0.455. The Morgan fingerprint density at radius 2 is 1.97 bits per heavy atom. The average molecular weight is 424 g/mol. The Morgan fingerprint density at radius 3 is 2.87 bits per heavy atom. The molecule has 2 aromatic heterocycles. The average Bonchev–Trinajstić information content (AvgIpc) is 3.43. The summed E-state index contributed by atoms with van der Waals surface area (Å²) in [5.41, 5.74) is 1.74. The molecule has 1 saturated heterocycles. The van der Waals surface area contributed by atoms with Crippen LogP contribution in [-0.4, -0.2) is 61.1 Å². The van der Waals surface area contributed by atoms with E-state index in [2.05, 4.69) is 38.5 Å². The lowest BCUT2D eigenvalue weighted by Crippen LogP contribution is -2.47. The topological polar surface area (TPSA) is 62.0 Å². The molecule has 0 saturated carbocycles.